The van der Waals surface area contributed by atoms with Gasteiger partial charge in [-0.1, -0.05) is 43.0 Å². The number of allylic oxidation sites excluding steroid dienone is 5. The number of ether oxygens (including phenoxy) is 2. The number of carbonyl (C=O) groups is 2. The van der Waals surface area contributed by atoms with Gasteiger partial charge in [-0.2, -0.15) is 0 Å². The molecule has 1 heterocycles. The summed E-state index contributed by atoms with van der Waals surface area (Å²) < 4.78 is 16.2. The molecule has 0 aliphatic carbocycles. The summed E-state index contributed by atoms with van der Waals surface area (Å²) in [4.78, 5) is 27.8. The highest BCUT2D eigenvalue weighted by Crippen LogP contribution is 2.20. The predicted octanol–water partition coefficient (Wildman–Crippen LogP) is 4.31. The molecular formula is C24H27NO6. The van der Waals surface area contributed by atoms with E-state index in [9.17, 15) is 14.7 Å². The van der Waals surface area contributed by atoms with Gasteiger partial charge in [0.25, 0.3) is 0 Å². The fourth-order valence-electron chi connectivity index (χ4n) is 2.71. The van der Waals surface area contributed by atoms with E-state index in [2.05, 4.69) is 11.6 Å². The minimum absolute atomic E-state index is 0.0473. The van der Waals surface area contributed by atoms with Crippen molar-refractivity contribution < 1.29 is 28.6 Å². The van der Waals surface area contributed by atoms with Gasteiger partial charge in [0.05, 0.1) is 12.1 Å². The zero-order chi connectivity index (χ0) is 22.8. The molecule has 0 amide bonds. The van der Waals surface area contributed by atoms with E-state index in [1.807, 2.05) is 25.2 Å². The number of aryl methyl sites for hydroxylation is 1. The fourth-order valence-corrected chi connectivity index (χ4v) is 2.71. The molecule has 2 aromatic rings. The van der Waals surface area contributed by atoms with E-state index in [1.165, 1.54) is 0 Å². The van der Waals surface area contributed by atoms with Crippen molar-refractivity contribution in [3.63, 3.8) is 0 Å². The summed E-state index contributed by atoms with van der Waals surface area (Å²) in [6, 6.07) is 6.65. The number of hydrogen-bond acceptors (Lipinski definition) is 6. The second-order valence-electron chi connectivity index (χ2n) is 6.71. The van der Waals surface area contributed by atoms with Gasteiger partial charge in [-0.05, 0) is 38.5 Å². The molecule has 0 unspecified atom stereocenters. The molecule has 0 radical (unpaired) electrons. The van der Waals surface area contributed by atoms with Gasteiger partial charge in [0.15, 0.2) is 6.10 Å². The Hall–Kier alpha value is -3.45. The molecule has 0 aliphatic rings. The SMILES string of the molecule is C=C(/C=C\C=C/C)c1nc(CC(=O)Oc2ccc(C[C@H](OCC)C(=O)O)cc2)c(C)o1. The molecule has 7 nitrogen and oxygen atoms in total. The lowest BCUT2D eigenvalue weighted by molar-refractivity contribution is -0.150. The first-order valence-corrected chi connectivity index (χ1v) is 9.93. The van der Waals surface area contributed by atoms with Crippen LogP contribution in [0.15, 0.2) is 59.6 Å². The predicted molar refractivity (Wildman–Crippen MR) is 117 cm³/mol. The third-order valence-electron chi connectivity index (χ3n) is 4.30. The van der Waals surface area contributed by atoms with E-state index in [1.54, 1.807) is 44.2 Å². The van der Waals surface area contributed by atoms with Crippen molar-refractivity contribution in [3.8, 4) is 5.75 Å². The zero-order valence-corrected chi connectivity index (χ0v) is 18.0. The van der Waals surface area contributed by atoms with Crippen molar-refractivity contribution in [1.29, 1.82) is 0 Å². The summed E-state index contributed by atoms with van der Waals surface area (Å²) in [6.45, 7) is 9.61. The number of hydrogen-bond donors (Lipinski definition) is 1. The number of nitrogens with zero attached hydrogens (tertiary/aromatic N) is 1. The van der Waals surface area contributed by atoms with Gasteiger partial charge in [0.1, 0.15) is 11.5 Å². The number of aromatic nitrogens is 1. The molecule has 31 heavy (non-hydrogen) atoms. The smallest absolute Gasteiger partial charge is 0.333 e. The van der Waals surface area contributed by atoms with Crippen molar-refractivity contribution in [1.82, 2.24) is 4.98 Å². The number of esters is 1. The summed E-state index contributed by atoms with van der Waals surface area (Å²) >= 11 is 0. The first kappa shape index (κ1) is 23.8. The Balaban J connectivity index is 1.97. The van der Waals surface area contributed by atoms with Crippen molar-refractivity contribution in [3.05, 3.63) is 78.1 Å². The first-order valence-electron chi connectivity index (χ1n) is 9.93. The molecule has 0 fully saturated rings. The first-order chi connectivity index (χ1) is 14.8. The Morgan fingerprint density at radius 3 is 2.58 bits per heavy atom. The van der Waals surface area contributed by atoms with Crippen molar-refractivity contribution >= 4 is 17.5 Å². The van der Waals surface area contributed by atoms with Gasteiger partial charge in [-0.15, -0.1) is 0 Å². The quantitative estimate of drug-likeness (QED) is 0.325. The highest BCUT2D eigenvalue weighted by Gasteiger charge is 2.19. The Bertz CT molecular complexity index is 968. The second kappa shape index (κ2) is 11.7. The normalized spacial score (nSPS) is 12.4. The number of aliphatic carboxylic acids is 1. The number of carboxylic acid groups (broad SMARTS) is 1. The molecule has 1 N–H and O–H groups in total. The third kappa shape index (κ3) is 7.38. The van der Waals surface area contributed by atoms with Gasteiger partial charge in [0.2, 0.25) is 5.89 Å². The van der Waals surface area contributed by atoms with Crippen LogP contribution in [0.4, 0.5) is 0 Å². The Morgan fingerprint density at radius 2 is 1.97 bits per heavy atom. The van der Waals surface area contributed by atoms with E-state index >= 15 is 0 Å². The lowest BCUT2D eigenvalue weighted by Crippen LogP contribution is -2.26. The maximum Gasteiger partial charge on any atom is 0.333 e. The fraction of sp³-hybridized carbons (Fsp3) is 0.292. The molecule has 0 saturated heterocycles. The zero-order valence-electron chi connectivity index (χ0n) is 18.0. The third-order valence-corrected chi connectivity index (χ3v) is 4.30. The molecule has 0 bridgehead atoms. The van der Waals surface area contributed by atoms with Crippen molar-refractivity contribution in [2.75, 3.05) is 6.61 Å². The summed E-state index contributed by atoms with van der Waals surface area (Å²) in [5.74, 6) is -0.258. The molecule has 1 aromatic carbocycles. The Morgan fingerprint density at radius 1 is 1.26 bits per heavy atom. The van der Waals surface area contributed by atoms with Gasteiger partial charge in [-0.25, -0.2) is 9.78 Å². The lowest BCUT2D eigenvalue weighted by atomic mass is 10.1. The van der Waals surface area contributed by atoms with Gasteiger partial charge in [0, 0.05) is 18.6 Å². The van der Waals surface area contributed by atoms with E-state index in [0.717, 1.165) is 5.56 Å². The average molecular weight is 425 g/mol. The largest absolute Gasteiger partial charge is 0.479 e. The van der Waals surface area contributed by atoms with Gasteiger partial charge in [-0.3, -0.25) is 4.79 Å². The number of rotatable bonds is 11. The van der Waals surface area contributed by atoms with Gasteiger partial charge < -0.3 is 19.0 Å². The van der Waals surface area contributed by atoms with E-state index in [-0.39, 0.29) is 12.8 Å². The van der Waals surface area contributed by atoms with E-state index in [0.29, 0.717) is 35.3 Å². The maximum absolute atomic E-state index is 12.3. The highest BCUT2D eigenvalue weighted by molar-refractivity contribution is 5.75. The van der Waals surface area contributed by atoms with Crippen LogP contribution >= 0.6 is 0 Å². The number of carbonyl (C=O) groups excluding carboxylic acids is 1. The second-order valence-corrected chi connectivity index (χ2v) is 6.71. The molecule has 1 aromatic heterocycles. The minimum atomic E-state index is -1.01. The molecule has 2 rings (SSSR count). The van der Waals surface area contributed by atoms with Crippen LogP contribution in [0.1, 0.15) is 36.8 Å². The molecule has 1 atom stereocenters. The number of carboxylic acids is 1. The van der Waals surface area contributed by atoms with Crippen LogP contribution in [0, 0.1) is 6.92 Å². The minimum Gasteiger partial charge on any atom is -0.479 e. The Labute approximate surface area is 181 Å². The van der Waals surface area contributed by atoms with E-state index < -0.39 is 18.0 Å². The summed E-state index contributed by atoms with van der Waals surface area (Å²) in [5.41, 5.74) is 1.85. The maximum atomic E-state index is 12.3. The van der Waals surface area contributed by atoms with Crippen molar-refractivity contribution in [2.24, 2.45) is 0 Å². The summed E-state index contributed by atoms with van der Waals surface area (Å²) in [7, 11) is 0. The van der Waals surface area contributed by atoms with Crippen LogP contribution in [-0.2, 0) is 27.2 Å². The summed E-state index contributed by atoms with van der Waals surface area (Å²) in [6.07, 6.45) is 6.62. The Kier molecular flexibility index (Phi) is 8.96. The molecule has 7 heteroatoms. The number of benzene rings is 1. The topological polar surface area (TPSA) is 98.9 Å². The average Bonchev–Trinajstić information content (AvgIpc) is 3.09. The standard InChI is InChI=1S/C24H27NO6/c1-5-7-8-9-16(3)23-25-20(17(4)30-23)15-22(26)31-19-12-10-18(11-13-19)14-21(24(27)28)29-6-2/h5,7-13,21H,3,6,14-15H2,1-2,4H3,(H,27,28)/b7-5-,9-8-/t21-/m0/s1. The molecule has 164 valence electrons. The van der Waals surface area contributed by atoms with Crippen LogP contribution in [0.3, 0.4) is 0 Å². The van der Waals surface area contributed by atoms with Crippen molar-refractivity contribution in [2.45, 2.75) is 39.7 Å². The highest BCUT2D eigenvalue weighted by atomic mass is 16.5. The van der Waals surface area contributed by atoms with Gasteiger partial charge >= 0.3 is 11.9 Å². The summed E-state index contributed by atoms with van der Waals surface area (Å²) in [5, 5.41) is 9.17. The van der Waals surface area contributed by atoms with Crippen LogP contribution in [0.25, 0.3) is 5.57 Å². The number of oxazole rings is 1. The van der Waals surface area contributed by atoms with Crippen LogP contribution in [0.5, 0.6) is 5.75 Å². The van der Waals surface area contributed by atoms with E-state index in [4.69, 9.17) is 13.9 Å². The monoisotopic (exact) mass is 425 g/mol. The van der Waals surface area contributed by atoms with Crippen LogP contribution < -0.4 is 4.74 Å². The molecule has 0 spiro atoms. The molecule has 0 aliphatic heterocycles. The molecule has 0 saturated carbocycles. The molecular weight excluding hydrogens is 398 g/mol. The lowest BCUT2D eigenvalue weighted by Gasteiger charge is -2.12. The van der Waals surface area contributed by atoms with Crippen LogP contribution in [-0.4, -0.2) is 34.7 Å². The van der Waals surface area contributed by atoms with Crippen LogP contribution in [0.2, 0.25) is 0 Å².